The van der Waals surface area contributed by atoms with Crippen molar-refractivity contribution in [3.63, 3.8) is 0 Å². The molecule has 1 aromatic rings. The molecule has 0 saturated heterocycles. The Balaban J connectivity index is 2.59. The predicted molar refractivity (Wildman–Crippen MR) is 83.1 cm³/mol. The van der Waals surface area contributed by atoms with Gasteiger partial charge in [-0.1, -0.05) is 6.92 Å². The summed E-state index contributed by atoms with van der Waals surface area (Å²) < 4.78 is 33.2. The van der Waals surface area contributed by atoms with Gasteiger partial charge < -0.3 is 15.8 Å². The maximum Gasteiger partial charge on any atom is 0.185 e. The fourth-order valence-electron chi connectivity index (χ4n) is 1.83. The van der Waals surface area contributed by atoms with Crippen LogP contribution in [-0.2, 0) is 14.6 Å². The number of sulfone groups is 1. The highest BCUT2D eigenvalue weighted by Crippen LogP contribution is 2.32. The van der Waals surface area contributed by atoms with E-state index >= 15 is 0 Å². The summed E-state index contributed by atoms with van der Waals surface area (Å²) >= 11 is 1.11. The number of nitrogens with one attached hydrogen (secondary N) is 1. The molecule has 0 aromatic carbocycles. The van der Waals surface area contributed by atoms with E-state index in [0.29, 0.717) is 18.0 Å². The van der Waals surface area contributed by atoms with Gasteiger partial charge >= 0.3 is 0 Å². The lowest BCUT2D eigenvalue weighted by molar-refractivity contribution is 0.192. The largest absolute Gasteiger partial charge is 0.385 e. The van der Waals surface area contributed by atoms with Gasteiger partial charge in [-0.2, -0.15) is 4.37 Å². The van der Waals surface area contributed by atoms with Gasteiger partial charge in [-0.05, 0) is 37.2 Å². The van der Waals surface area contributed by atoms with Gasteiger partial charge in [-0.25, -0.2) is 8.42 Å². The fourth-order valence-corrected chi connectivity index (χ4v) is 4.47. The van der Waals surface area contributed by atoms with Crippen LogP contribution in [0.4, 0.5) is 10.8 Å². The van der Waals surface area contributed by atoms with E-state index in [-0.39, 0.29) is 16.5 Å². The predicted octanol–water partition coefficient (Wildman–Crippen LogP) is 2.14. The Morgan fingerprint density at radius 3 is 2.75 bits per heavy atom. The lowest BCUT2D eigenvalue weighted by Gasteiger charge is -2.07. The zero-order valence-corrected chi connectivity index (χ0v) is 13.6. The monoisotopic (exact) mass is 321 g/mol. The van der Waals surface area contributed by atoms with Crippen LogP contribution < -0.4 is 11.1 Å². The van der Waals surface area contributed by atoms with Crippen LogP contribution in [0.3, 0.4) is 0 Å². The molecule has 0 aliphatic heterocycles. The van der Waals surface area contributed by atoms with Crippen molar-refractivity contribution in [3.8, 4) is 0 Å². The molecule has 3 N–H and O–H groups in total. The smallest absolute Gasteiger partial charge is 0.185 e. The van der Waals surface area contributed by atoms with Crippen molar-refractivity contribution in [3.05, 3.63) is 0 Å². The SMILES string of the molecule is CCCS(=O)(=O)c1c(N)nsc1NCCCCCOC. The summed E-state index contributed by atoms with van der Waals surface area (Å²) in [5.41, 5.74) is 5.69. The Hall–Kier alpha value is -0.860. The number of nitrogens with zero attached hydrogens (tertiary/aromatic N) is 1. The van der Waals surface area contributed by atoms with E-state index in [1.165, 1.54) is 0 Å². The molecule has 0 bridgehead atoms. The number of methoxy groups -OCH3 is 1. The molecule has 0 amide bonds. The first-order valence-corrected chi connectivity index (χ1v) is 9.16. The van der Waals surface area contributed by atoms with E-state index in [1.807, 2.05) is 6.92 Å². The molecule has 0 saturated carbocycles. The van der Waals surface area contributed by atoms with Crippen molar-refractivity contribution in [1.82, 2.24) is 4.37 Å². The minimum Gasteiger partial charge on any atom is -0.385 e. The third-order valence-corrected chi connectivity index (χ3v) is 5.70. The summed E-state index contributed by atoms with van der Waals surface area (Å²) in [4.78, 5) is 0.168. The first-order chi connectivity index (χ1) is 9.53. The van der Waals surface area contributed by atoms with Gasteiger partial charge in [0.1, 0.15) is 9.90 Å². The van der Waals surface area contributed by atoms with E-state index in [4.69, 9.17) is 10.5 Å². The van der Waals surface area contributed by atoms with Gasteiger partial charge in [0.15, 0.2) is 15.7 Å². The Morgan fingerprint density at radius 2 is 2.10 bits per heavy atom. The van der Waals surface area contributed by atoms with E-state index < -0.39 is 9.84 Å². The van der Waals surface area contributed by atoms with Crippen molar-refractivity contribution in [2.45, 2.75) is 37.5 Å². The van der Waals surface area contributed by atoms with Crippen LogP contribution in [0.15, 0.2) is 4.90 Å². The number of unbranched alkanes of at least 4 members (excludes halogenated alkanes) is 2. The molecule has 6 nitrogen and oxygen atoms in total. The summed E-state index contributed by atoms with van der Waals surface area (Å²) in [6, 6.07) is 0. The summed E-state index contributed by atoms with van der Waals surface area (Å²) in [5, 5.41) is 3.69. The van der Waals surface area contributed by atoms with Crippen molar-refractivity contribution in [2.24, 2.45) is 0 Å². The summed E-state index contributed by atoms with van der Waals surface area (Å²) in [6.45, 7) is 3.29. The third kappa shape index (κ3) is 4.92. The molecule has 0 spiro atoms. The van der Waals surface area contributed by atoms with Crippen LogP contribution in [-0.4, -0.2) is 38.8 Å². The first kappa shape index (κ1) is 17.2. The Kier molecular flexibility index (Phi) is 7.25. The van der Waals surface area contributed by atoms with Crippen LogP contribution in [0.2, 0.25) is 0 Å². The second-order valence-electron chi connectivity index (χ2n) is 4.53. The molecule has 1 rings (SSSR count). The summed E-state index contributed by atoms with van der Waals surface area (Å²) in [6.07, 6.45) is 3.55. The van der Waals surface area contributed by atoms with Crippen LogP contribution in [0.1, 0.15) is 32.6 Å². The van der Waals surface area contributed by atoms with Crippen LogP contribution in [0.25, 0.3) is 0 Å². The number of hydrogen-bond acceptors (Lipinski definition) is 7. The highest BCUT2D eigenvalue weighted by atomic mass is 32.2. The molecule has 0 radical (unpaired) electrons. The number of rotatable bonds is 10. The number of ether oxygens (including phenoxy) is 1. The molecule has 8 heteroatoms. The molecular formula is C12H23N3O3S2. The van der Waals surface area contributed by atoms with E-state index in [1.54, 1.807) is 7.11 Å². The van der Waals surface area contributed by atoms with Gasteiger partial charge in [-0.15, -0.1) is 0 Å². The standard InChI is InChI=1S/C12H23N3O3S2/c1-3-9-20(16,17)10-11(13)15-19-12(10)14-7-5-4-6-8-18-2/h14H,3-9H2,1-2H3,(H2,13,15). The maximum atomic E-state index is 12.1. The van der Waals surface area contributed by atoms with E-state index in [2.05, 4.69) is 9.69 Å². The molecule has 0 atom stereocenters. The fraction of sp³-hybridized carbons (Fsp3) is 0.750. The highest BCUT2D eigenvalue weighted by molar-refractivity contribution is 7.91. The number of anilines is 2. The van der Waals surface area contributed by atoms with Crippen LogP contribution >= 0.6 is 11.5 Å². The Labute approximate surface area is 124 Å². The highest BCUT2D eigenvalue weighted by Gasteiger charge is 2.24. The molecule has 0 aliphatic rings. The first-order valence-electron chi connectivity index (χ1n) is 6.73. The second kappa shape index (κ2) is 8.43. The van der Waals surface area contributed by atoms with Gasteiger partial charge in [0.05, 0.1) is 5.75 Å². The maximum absolute atomic E-state index is 12.1. The van der Waals surface area contributed by atoms with Crippen LogP contribution in [0, 0.1) is 0 Å². The molecular weight excluding hydrogens is 298 g/mol. The van der Waals surface area contributed by atoms with Gasteiger partial charge in [0.25, 0.3) is 0 Å². The summed E-state index contributed by atoms with van der Waals surface area (Å²) in [5.74, 6) is 0.198. The minimum absolute atomic E-state index is 0.0954. The number of nitrogen functional groups attached to an aromatic ring is 1. The average molecular weight is 321 g/mol. The molecule has 20 heavy (non-hydrogen) atoms. The molecule has 0 unspecified atom stereocenters. The Bertz CT molecular complexity index is 500. The third-order valence-electron chi connectivity index (χ3n) is 2.77. The van der Waals surface area contributed by atoms with Crippen molar-refractivity contribution in [2.75, 3.05) is 37.1 Å². The van der Waals surface area contributed by atoms with Crippen LogP contribution in [0.5, 0.6) is 0 Å². The Morgan fingerprint density at radius 1 is 1.35 bits per heavy atom. The van der Waals surface area contributed by atoms with Crippen molar-refractivity contribution < 1.29 is 13.2 Å². The number of aromatic nitrogens is 1. The summed E-state index contributed by atoms with van der Waals surface area (Å²) in [7, 11) is -1.66. The van der Waals surface area contributed by atoms with E-state index in [9.17, 15) is 8.42 Å². The average Bonchev–Trinajstić information content (AvgIpc) is 2.75. The molecule has 1 aromatic heterocycles. The lowest BCUT2D eigenvalue weighted by atomic mass is 10.2. The topological polar surface area (TPSA) is 94.3 Å². The van der Waals surface area contributed by atoms with Gasteiger partial charge in [0.2, 0.25) is 0 Å². The quantitative estimate of drug-likeness (QED) is 0.641. The van der Waals surface area contributed by atoms with Crippen molar-refractivity contribution in [1.29, 1.82) is 0 Å². The number of hydrogen-bond donors (Lipinski definition) is 2. The normalized spacial score (nSPS) is 11.7. The molecule has 116 valence electrons. The molecule has 0 fully saturated rings. The zero-order valence-electron chi connectivity index (χ0n) is 12.0. The van der Waals surface area contributed by atoms with Gasteiger partial charge in [0, 0.05) is 20.3 Å². The molecule has 0 aliphatic carbocycles. The zero-order chi connectivity index (χ0) is 15.0. The van der Waals surface area contributed by atoms with E-state index in [0.717, 1.165) is 37.4 Å². The minimum atomic E-state index is -3.34. The van der Waals surface area contributed by atoms with Crippen molar-refractivity contribution >= 4 is 32.2 Å². The molecule has 1 heterocycles. The second-order valence-corrected chi connectivity index (χ2v) is 7.34. The number of nitrogens with two attached hydrogens (primary N) is 1. The lowest BCUT2D eigenvalue weighted by Crippen LogP contribution is -2.11. The van der Waals surface area contributed by atoms with Gasteiger partial charge in [-0.3, -0.25) is 0 Å².